The van der Waals surface area contributed by atoms with Crippen molar-refractivity contribution in [1.82, 2.24) is 0 Å². The summed E-state index contributed by atoms with van der Waals surface area (Å²) in [7, 11) is 0. The predicted molar refractivity (Wildman–Crippen MR) is 76.5 cm³/mol. The fraction of sp³-hybridized carbons (Fsp3) is 0.438. The molecule has 1 aromatic rings. The van der Waals surface area contributed by atoms with Crippen LogP contribution in [0.4, 0.5) is 5.69 Å². The fourth-order valence-corrected chi connectivity index (χ4v) is 4.52. The van der Waals surface area contributed by atoms with Crippen LogP contribution in [-0.4, -0.2) is 45.3 Å². The van der Waals surface area contributed by atoms with Gasteiger partial charge in [-0.05, 0) is 18.6 Å². The topological polar surface area (TPSA) is 115 Å². The Morgan fingerprint density at radius 3 is 2.04 bits per heavy atom. The molecule has 1 heterocycles. The van der Waals surface area contributed by atoms with Crippen molar-refractivity contribution >= 4 is 23.5 Å². The van der Waals surface area contributed by atoms with Crippen molar-refractivity contribution in [3.05, 3.63) is 29.8 Å². The Kier molecular flexibility index (Phi) is 2.88. The summed E-state index contributed by atoms with van der Waals surface area (Å²) in [5.41, 5.74) is -0.0737. The monoisotopic (exact) mass is 317 g/mol. The molecular weight excluding hydrogens is 302 g/mol. The quantitative estimate of drug-likeness (QED) is 0.654. The SMILES string of the molecule is O=C(O)c1ccccc1N1C(=O)C2C3CC(C(O)C3O)C2C1=O. The number of carboxylic acids is 1. The summed E-state index contributed by atoms with van der Waals surface area (Å²) < 4.78 is 0. The van der Waals surface area contributed by atoms with Crippen LogP contribution in [0.1, 0.15) is 16.8 Å². The Bertz CT molecular complexity index is 699. The van der Waals surface area contributed by atoms with E-state index >= 15 is 0 Å². The number of para-hydroxylation sites is 1. The molecule has 6 unspecified atom stereocenters. The van der Waals surface area contributed by atoms with Gasteiger partial charge in [-0.25, -0.2) is 9.69 Å². The van der Waals surface area contributed by atoms with Crippen molar-refractivity contribution in [2.24, 2.45) is 23.7 Å². The maximum absolute atomic E-state index is 12.7. The van der Waals surface area contributed by atoms with E-state index in [9.17, 15) is 29.7 Å². The maximum atomic E-state index is 12.7. The zero-order chi connectivity index (χ0) is 16.5. The van der Waals surface area contributed by atoms with Crippen LogP contribution in [-0.2, 0) is 9.59 Å². The van der Waals surface area contributed by atoms with E-state index in [1.165, 1.54) is 18.2 Å². The normalized spacial score (nSPS) is 38.3. The molecule has 2 aliphatic carbocycles. The second-order valence-corrected chi connectivity index (χ2v) is 6.43. The number of aliphatic hydroxyl groups excluding tert-OH is 2. The van der Waals surface area contributed by atoms with Crippen LogP contribution in [0, 0.1) is 23.7 Å². The number of anilines is 1. The van der Waals surface area contributed by atoms with Crippen molar-refractivity contribution in [1.29, 1.82) is 0 Å². The van der Waals surface area contributed by atoms with Gasteiger partial charge in [0.05, 0.1) is 35.3 Å². The number of hydrogen-bond donors (Lipinski definition) is 3. The Morgan fingerprint density at radius 1 is 1.00 bits per heavy atom. The summed E-state index contributed by atoms with van der Waals surface area (Å²) in [5.74, 6) is -4.42. The van der Waals surface area contributed by atoms with E-state index in [0.29, 0.717) is 6.42 Å². The average Bonchev–Trinajstić information content (AvgIpc) is 3.12. The van der Waals surface area contributed by atoms with Crippen molar-refractivity contribution in [2.75, 3.05) is 4.90 Å². The van der Waals surface area contributed by atoms with E-state index in [1.807, 2.05) is 0 Å². The smallest absolute Gasteiger partial charge is 0.337 e. The molecule has 3 fully saturated rings. The molecule has 7 nitrogen and oxygen atoms in total. The first-order chi connectivity index (χ1) is 10.9. The lowest BCUT2D eigenvalue weighted by Crippen LogP contribution is -2.43. The van der Waals surface area contributed by atoms with Gasteiger partial charge in [-0.2, -0.15) is 0 Å². The van der Waals surface area contributed by atoms with Gasteiger partial charge in [0.2, 0.25) is 11.8 Å². The number of nitrogens with zero attached hydrogens (tertiary/aromatic N) is 1. The largest absolute Gasteiger partial charge is 0.478 e. The lowest BCUT2D eigenvalue weighted by Gasteiger charge is -2.29. The summed E-state index contributed by atoms with van der Waals surface area (Å²) in [6, 6.07) is 5.85. The first-order valence-electron chi connectivity index (χ1n) is 7.49. The molecule has 1 saturated heterocycles. The van der Waals surface area contributed by atoms with Gasteiger partial charge in [0.25, 0.3) is 0 Å². The number of rotatable bonds is 2. The Morgan fingerprint density at radius 2 is 1.52 bits per heavy atom. The summed E-state index contributed by atoms with van der Waals surface area (Å²) in [5, 5.41) is 29.3. The molecule has 3 N–H and O–H groups in total. The van der Waals surface area contributed by atoms with E-state index in [-0.39, 0.29) is 11.3 Å². The molecule has 0 spiro atoms. The van der Waals surface area contributed by atoms with Crippen LogP contribution in [0.15, 0.2) is 24.3 Å². The number of carbonyl (C=O) groups is 3. The third-order valence-electron chi connectivity index (χ3n) is 5.47. The summed E-state index contributed by atoms with van der Waals surface area (Å²) in [4.78, 5) is 37.7. The lowest BCUT2D eigenvalue weighted by molar-refractivity contribution is -0.129. The zero-order valence-electron chi connectivity index (χ0n) is 12.0. The number of aromatic carboxylic acids is 1. The molecule has 2 bridgehead atoms. The van der Waals surface area contributed by atoms with Crippen molar-refractivity contribution in [3.8, 4) is 0 Å². The van der Waals surface area contributed by atoms with Crippen LogP contribution in [0.5, 0.6) is 0 Å². The second kappa shape index (κ2) is 4.62. The number of carboxylic acid groups (broad SMARTS) is 1. The molecule has 0 radical (unpaired) electrons. The highest BCUT2D eigenvalue weighted by Gasteiger charge is 2.67. The van der Waals surface area contributed by atoms with E-state index in [0.717, 1.165) is 4.90 Å². The lowest BCUT2D eigenvalue weighted by atomic mass is 9.78. The average molecular weight is 317 g/mol. The van der Waals surface area contributed by atoms with Crippen LogP contribution in [0.25, 0.3) is 0 Å². The van der Waals surface area contributed by atoms with Gasteiger partial charge in [0.15, 0.2) is 0 Å². The molecule has 3 aliphatic rings. The van der Waals surface area contributed by atoms with Crippen LogP contribution >= 0.6 is 0 Å². The number of benzene rings is 1. The molecular formula is C16H15NO6. The molecule has 1 aromatic carbocycles. The Balaban J connectivity index is 1.78. The predicted octanol–water partition coefficient (Wildman–Crippen LogP) is -0.138. The van der Waals surface area contributed by atoms with E-state index in [1.54, 1.807) is 6.07 Å². The zero-order valence-corrected chi connectivity index (χ0v) is 12.0. The summed E-state index contributed by atoms with van der Waals surface area (Å²) in [6.45, 7) is 0. The highest BCUT2D eigenvalue weighted by molar-refractivity contribution is 6.24. The summed E-state index contributed by atoms with van der Waals surface area (Å²) >= 11 is 0. The first-order valence-corrected chi connectivity index (χ1v) is 7.49. The molecule has 120 valence electrons. The number of amides is 2. The molecule has 6 atom stereocenters. The first kappa shape index (κ1) is 14.3. The minimum atomic E-state index is -1.22. The molecule has 2 saturated carbocycles. The molecule has 7 heteroatoms. The second-order valence-electron chi connectivity index (χ2n) is 6.43. The number of carbonyl (C=O) groups excluding carboxylic acids is 2. The van der Waals surface area contributed by atoms with Crippen molar-refractivity contribution < 1.29 is 29.7 Å². The van der Waals surface area contributed by atoms with Gasteiger partial charge in [0.1, 0.15) is 0 Å². The number of fused-ring (bicyclic) bond motifs is 5. The molecule has 1 aliphatic heterocycles. The number of aliphatic hydroxyl groups is 2. The van der Waals surface area contributed by atoms with Crippen LogP contribution < -0.4 is 4.90 Å². The van der Waals surface area contributed by atoms with Crippen molar-refractivity contribution in [3.63, 3.8) is 0 Å². The van der Waals surface area contributed by atoms with E-state index < -0.39 is 53.7 Å². The minimum Gasteiger partial charge on any atom is -0.478 e. The Labute approximate surface area is 131 Å². The van der Waals surface area contributed by atoms with Gasteiger partial charge in [-0.3, -0.25) is 9.59 Å². The van der Waals surface area contributed by atoms with Gasteiger partial charge >= 0.3 is 5.97 Å². The van der Waals surface area contributed by atoms with Gasteiger partial charge in [0, 0.05) is 11.8 Å². The molecule has 0 aromatic heterocycles. The van der Waals surface area contributed by atoms with E-state index in [4.69, 9.17) is 0 Å². The van der Waals surface area contributed by atoms with Crippen LogP contribution in [0.2, 0.25) is 0 Å². The molecule has 23 heavy (non-hydrogen) atoms. The third-order valence-corrected chi connectivity index (χ3v) is 5.47. The highest BCUT2D eigenvalue weighted by Crippen LogP contribution is 2.56. The number of hydrogen-bond acceptors (Lipinski definition) is 5. The highest BCUT2D eigenvalue weighted by atomic mass is 16.4. The van der Waals surface area contributed by atoms with Gasteiger partial charge in [-0.15, -0.1) is 0 Å². The van der Waals surface area contributed by atoms with Gasteiger partial charge < -0.3 is 15.3 Å². The molecule has 4 rings (SSSR count). The molecule has 2 amide bonds. The maximum Gasteiger partial charge on any atom is 0.337 e. The summed E-state index contributed by atoms with van der Waals surface area (Å²) in [6.07, 6.45) is -1.57. The number of imide groups is 1. The van der Waals surface area contributed by atoms with E-state index in [2.05, 4.69) is 0 Å². The fourth-order valence-electron chi connectivity index (χ4n) is 4.52. The van der Waals surface area contributed by atoms with Crippen LogP contribution in [0.3, 0.4) is 0 Å². The minimum absolute atomic E-state index is 0.0489. The standard InChI is InChI=1S/C16H15NO6/c18-12-7-5-8(13(12)19)11-10(7)14(20)17(15(11)21)9-4-2-1-3-6(9)16(22)23/h1-4,7-8,10-13,18-19H,5H2,(H,22,23). The third kappa shape index (κ3) is 1.69. The Hall–Kier alpha value is -2.25. The van der Waals surface area contributed by atoms with Crippen molar-refractivity contribution in [2.45, 2.75) is 18.6 Å². The van der Waals surface area contributed by atoms with Gasteiger partial charge in [-0.1, -0.05) is 12.1 Å².